The van der Waals surface area contributed by atoms with E-state index in [4.69, 9.17) is 10.3 Å². The third-order valence-corrected chi connectivity index (χ3v) is 4.18. The van der Waals surface area contributed by atoms with Gasteiger partial charge in [-0.3, -0.25) is 4.79 Å². The van der Waals surface area contributed by atoms with Crippen LogP contribution in [0.25, 0.3) is 11.1 Å². The van der Waals surface area contributed by atoms with E-state index in [9.17, 15) is 4.79 Å². The number of amides is 1. The number of aromatic nitrogens is 2. The van der Waals surface area contributed by atoms with Crippen LogP contribution in [0.2, 0.25) is 0 Å². The molecule has 3 rings (SSSR count). The molecule has 26 heavy (non-hydrogen) atoms. The van der Waals surface area contributed by atoms with Gasteiger partial charge in [-0.25, -0.2) is 4.98 Å². The number of hydrogen-bond acceptors (Lipinski definition) is 5. The van der Waals surface area contributed by atoms with E-state index in [1.807, 2.05) is 32.0 Å². The minimum atomic E-state index is -0.0665. The monoisotopic (exact) mass is 374 g/mol. The number of aryl methyl sites for hydroxylation is 2. The summed E-state index contributed by atoms with van der Waals surface area (Å²) in [5.74, 6) is -0.0665. The molecular weight excluding hydrogens is 352 g/mol. The van der Waals surface area contributed by atoms with Gasteiger partial charge in [0, 0.05) is 25.3 Å². The smallest absolute Gasteiger partial charge is 0.258 e. The summed E-state index contributed by atoms with van der Waals surface area (Å²) in [7, 11) is 0. The number of halogens is 1. The van der Waals surface area contributed by atoms with E-state index in [0.717, 1.165) is 12.1 Å². The molecule has 2 N–H and O–H groups in total. The van der Waals surface area contributed by atoms with E-state index in [1.54, 1.807) is 11.0 Å². The molecule has 2 heterocycles. The largest absolute Gasteiger partial charge is 0.337 e. The van der Waals surface area contributed by atoms with Crippen molar-refractivity contribution in [2.45, 2.75) is 20.3 Å². The Balaban J connectivity index is 0.00000243. The molecule has 1 amide bonds. The summed E-state index contributed by atoms with van der Waals surface area (Å²) in [6.45, 7) is 5.17. The Morgan fingerprint density at radius 3 is 2.62 bits per heavy atom. The van der Waals surface area contributed by atoms with Crippen LogP contribution in [0.5, 0.6) is 0 Å². The summed E-state index contributed by atoms with van der Waals surface area (Å²) in [6.07, 6.45) is 0.780. The highest BCUT2D eigenvalue weighted by molar-refractivity contribution is 6.06. The number of benzene rings is 1. The first-order chi connectivity index (χ1) is 12.1. The molecule has 3 aromatic rings. The summed E-state index contributed by atoms with van der Waals surface area (Å²) in [6, 6.07) is 11.9. The zero-order valence-electron chi connectivity index (χ0n) is 14.9. The van der Waals surface area contributed by atoms with Crippen molar-refractivity contribution in [3.63, 3.8) is 0 Å². The Bertz CT molecular complexity index is 880. The molecule has 7 heteroatoms. The fraction of sp³-hybridized carbons (Fsp3) is 0.316. The van der Waals surface area contributed by atoms with Gasteiger partial charge in [0.15, 0.2) is 0 Å². The van der Waals surface area contributed by atoms with E-state index in [-0.39, 0.29) is 18.3 Å². The molecule has 0 radical (unpaired) electrons. The Kier molecular flexibility index (Phi) is 6.71. The second kappa shape index (κ2) is 8.78. The third-order valence-electron chi connectivity index (χ3n) is 4.18. The highest BCUT2D eigenvalue weighted by Crippen LogP contribution is 2.23. The Labute approximate surface area is 158 Å². The van der Waals surface area contributed by atoms with Gasteiger partial charge in [-0.2, -0.15) is 0 Å². The number of rotatable bonds is 6. The quantitative estimate of drug-likeness (QED) is 0.717. The van der Waals surface area contributed by atoms with Crippen LogP contribution in [0.3, 0.4) is 0 Å². The van der Waals surface area contributed by atoms with Crippen molar-refractivity contribution in [1.29, 1.82) is 0 Å². The van der Waals surface area contributed by atoms with Crippen LogP contribution in [-0.2, 0) is 6.42 Å². The molecule has 0 aliphatic rings. The molecule has 0 saturated heterocycles. The van der Waals surface area contributed by atoms with E-state index in [2.05, 4.69) is 22.3 Å². The first-order valence-corrected chi connectivity index (χ1v) is 8.37. The van der Waals surface area contributed by atoms with Gasteiger partial charge in [-0.1, -0.05) is 35.5 Å². The molecule has 0 fully saturated rings. The highest BCUT2D eigenvalue weighted by atomic mass is 35.5. The SMILES string of the molecule is Cc1cc(C(=O)N(CCN)CCc2ccccc2)c2c(C)noc2n1.Cl. The van der Waals surface area contributed by atoms with Gasteiger partial charge in [0.1, 0.15) is 0 Å². The summed E-state index contributed by atoms with van der Waals surface area (Å²) in [4.78, 5) is 19.2. The number of pyridine rings is 1. The van der Waals surface area contributed by atoms with E-state index >= 15 is 0 Å². The topological polar surface area (TPSA) is 85.2 Å². The molecule has 0 spiro atoms. The van der Waals surface area contributed by atoms with Gasteiger partial charge in [0.05, 0.1) is 16.6 Å². The minimum Gasteiger partial charge on any atom is -0.337 e. The molecule has 0 aliphatic carbocycles. The van der Waals surface area contributed by atoms with Crippen LogP contribution in [0.1, 0.15) is 27.3 Å². The molecule has 138 valence electrons. The maximum absolute atomic E-state index is 13.1. The van der Waals surface area contributed by atoms with Gasteiger partial charge in [0.25, 0.3) is 11.6 Å². The second-order valence-corrected chi connectivity index (χ2v) is 6.08. The molecule has 0 unspecified atom stereocenters. The summed E-state index contributed by atoms with van der Waals surface area (Å²) < 4.78 is 5.23. The van der Waals surface area contributed by atoms with Crippen molar-refractivity contribution in [2.75, 3.05) is 19.6 Å². The predicted molar refractivity (Wildman–Crippen MR) is 104 cm³/mol. The molecule has 0 aliphatic heterocycles. The molecule has 0 bridgehead atoms. The highest BCUT2D eigenvalue weighted by Gasteiger charge is 2.22. The lowest BCUT2D eigenvalue weighted by Gasteiger charge is -2.22. The van der Waals surface area contributed by atoms with Crippen LogP contribution in [-0.4, -0.2) is 40.6 Å². The summed E-state index contributed by atoms with van der Waals surface area (Å²) in [5, 5.41) is 4.62. The third kappa shape index (κ3) is 4.20. The zero-order chi connectivity index (χ0) is 17.8. The van der Waals surface area contributed by atoms with Gasteiger partial charge in [-0.15, -0.1) is 12.4 Å². The van der Waals surface area contributed by atoms with Crippen LogP contribution in [0, 0.1) is 13.8 Å². The minimum absolute atomic E-state index is 0. The Morgan fingerprint density at radius 1 is 1.19 bits per heavy atom. The lowest BCUT2D eigenvalue weighted by atomic mass is 10.1. The summed E-state index contributed by atoms with van der Waals surface area (Å²) in [5.41, 5.74) is 9.28. The standard InChI is InChI=1S/C19H22N4O2.ClH/c1-13-12-16(17-14(2)22-25-18(17)21-13)19(24)23(11-9-20)10-8-15-6-4-3-5-7-15;/h3-7,12H,8-11,20H2,1-2H3;1H. The van der Waals surface area contributed by atoms with Crippen molar-refractivity contribution < 1.29 is 9.32 Å². The van der Waals surface area contributed by atoms with E-state index < -0.39 is 0 Å². The number of nitrogens with two attached hydrogens (primary N) is 1. The van der Waals surface area contributed by atoms with Crippen LogP contribution < -0.4 is 5.73 Å². The lowest BCUT2D eigenvalue weighted by Crippen LogP contribution is -2.37. The number of carbonyl (C=O) groups excluding carboxylic acids is 1. The van der Waals surface area contributed by atoms with Crippen LogP contribution in [0.4, 0.5) is 0 Å². The van der Waals surface area contributed by atoms with Gasteiger partial charge in [0.2, 0.25) is 0 Å². The van der Waals surface area contributed by atoms with Crippen LogP contribution >= 0.6 is 12.4 Å². The fourth-order valence-corrected chi connectivity index (χ4v) is 2.94. The molecule has 6 nitrogen and oxygen atoms in total. The number of fused-ring (bicyclic) bond motifs is 1. The summed E-state index contributed by atoms with van der Waals surface area (Å²) >= 11 is 0. The van der Waals surface area contributed by atoms with Gasteiger partial charge in [-0.05, 0) is 31.9 Å². The maximum atomic E-state index is 13.1. The average Bonchev–Trinajstić information content (AvgIpc) is 2.99. The first kappa shape index (κ1) is 19.9. The van der Waals surface area contributed by atoms with Crippen molar-refractivity contribution in [2.24, 2.45) is 5.73 Å². The van der Waals surface area contributed by atoms with Crippen molar-refractivity contribution in [3.8, 4) is 0 Å². The number of hydrogen-bond donors (Lipinski definition) is 1. The molecular formula is C19H23ClN4O2. The maximum Gasteiger partial charge on any atom is 0.258 e. The second-order valence-electron chi connectivity index (χ2n) is 6.08. The van der Waals surface area contributed by atoms with Gasteiger partial charge < -0.3 is 15.2 Å². The fourth-order valence-electron chi connectivity index (χ4n) is 2.94. The normalized spacial score (nSPS) is 10.6. The van der Waals surface area contributed by atoms with Crippen LogP contribution in [0.15, 0.2) is 40.9 Å². The molecule has 0 atom stereocenters. The van der Waals surface area contributed by atoms with Gasteiger partial charge >= 0.3 is 0 Å². The lowest BCUT2D eigenvalue weighted by molar-refractivity contribution is 0.0764. The van der Waals surface area contributed by atoms with Crippen molar-refractivity contribution in [3.05, 3.63) is 58.9 Å². The predicted octanol–water partition coefficient (Wildman–Crippen LogP) is 2.91. The van der Waals surface area contributed by atoms with Crippen molar-refractivity contribution in [1.82, 2.24) is 15.0 Å². The Hall–Kier alpha value is -2.44. The molecule has 1 aromatic carbocycles. The van der Waals surface area contributed by atoms with Crippen molar-refractivity contribution >= 4 is 29.4 Å². The molecule has 0 saturated carbocycles. The molecule has 2 aromatic heterocycles. The van der Waals surface area contributed by atoms with E-state index in [0.29, 0.717) is 42.0 Å². The number of carbonyl (C=O) groups is 1. The van der Waals surface area contributed by atoms with E-state index in [1.165, 1.54) is 5.56 Å². The zero-order valence-corrected chi connectivity index (χ0v) is 15.8. The first-order valence-electron chi connectivity index (χ1n) is 8.37. The number of nitrogens with zero attached hydrogens (tertiary/aromatic N) is 3. The Morgan fingerprint density at radius 2 is 1.92 bits per heavy atom. The average molecular weight is 375 g/mol.